The second kappa shape index (κ2) is 6.45. The number of pyridine rings is 1. The highest BCUT2D eigenvalue weighted by atomic mass is 16.5. The number of carboxylic acid groups (broad SMARTS) is 1. The Morgan fingerprint density at radius 3 is 2.79 bits per heavy atom. The summed E-state index contributed by atoms with van der Waals surface area (Å²) in [6, 6.07) is 9.17. The monoisotopic (exact) mass is 327 g/mol. The molecule has 0 aliphatic carbocycles. The first-order valence-corrected chi connectivity index (χ1v) is 7.33. The fourth-order valence-electron chi connectivity index (χ4n) is 2.40. The van der Waals surface area contributed by atoms with Crippen molar-refractivity contribution in [2.24, 2.45) is 0 Å². The van der Waals surface area contributed by atoms with Crippen molar-refractivity contribution in [2.45, 2.75) is 6.42 Å². The molecule has 0 atom stereocenters. The highest BCUT2D eigenvalue weighted by Crippen LogP contribution is 2.18. The average Bonchev–Trinajstić information content (AvgIpc) is 2.93. The molecule has 0 aliphatic heterocycles. The van der Waals surface area contributed by atoms with Crippen molar-refractivity contribution in [1.82, 2.24) is 14.6 Å². The number of hydrogen-bond acceptors (Lipinski definition) is 6. The SMILES string of the molecule is COc1ccc(CCNc2cn3nc(N)nc3cc2C(=O)O)cc1. The number of ether oxygens (including phenoxy) is 1. The van der Waals surface area contributed by atoms with E-state index in [1.165, 1.54) is 10.6 Å². The molecule has 0 fully saturated rings. The first-order chi connectivity index (χ1) is 11.6. The van der Waals surface area contributed by atoms with E-state index in [9.17, 15) is 9.90 Å². The molecular weight excluding hydrogens is 310 g/mol. The molecule has 0 amide bonds. The zero-order chi connectivity index (χ0) is 17.1. The molecular formula is C16H17N5O3. The van der Waals surface area contributed by atoms with E-state index in [1.54, 1.807) is 13.3 Å². The number of aromatic nitrogens is 3. The van der Waals surface area contributed by atoms with Crippen LogP contribution in [0.2, 0.25) is 0 Å². The van der Waals surface area contributed by atoms with Gasteiger partial charge in [0.2, 0.25) is 5.95 Å². The molecule has 0 unspecified atom stereocenters. The molecule has 3 aromatic rings. The molecule has 24 heavy (non-hydrogen) atoms. The number of nitrogens with zero attached hydrogens (tertiary/aromatic N) is 3. The van der Waals surface area contributed by atoms with Gasteiger partial charge in [-0.15, -0.1) is 5.10 Å². The Morgan fingerprint density at radius 1 is 1.38 bits per heavy atom. The highest BCUT2D eigenvalue weighted by molar-refractivity contribution is 5.95. The first kappa shape index (κ1) is 15.6. The summed E-state index contributed by atoms with van der Waals surface area (Å²) < 4.78 is 6.58. The van der Waals surface area contributed by atoms with Crippen molar-refractivity contribution >= 4 is 23.3 Å². The smallest absolute Gasteiger partial charge is 0.337 e. The maximum absolute atomic E-state index is 11.4. The molecule has 0 spiro atoms. The summed E-state index contributed by atoms with van der Waals surface area (Å²) in [7, 11) is 1.62. The van der Waals surface area contributed by atoms with Gasteiger partial charge in [-0.25, -0.2) is 9.31 Å². The molecule has 1 aromatic carbocycles. The third-order valence-corrected chi connectivity index (χ3v) is 3.61. The van der Waals surface area contributed by atoms with Gasteiger partial charge in [0.1, 0.15) is 5.75 Å². The molecule has 4 N–H and O–H groups in total. The summed E-state index contributed by atoms with van der Waals surface area (Å²) in [5, 5.41) is 16.5. The minimum Gasteiger partial charge on any atom is -0.497 e. The van der Waals surface area contributed by atoms with Crippen LogP contribution in [-0.4, -0.2) is 39.3 Å². The zero-order valence-corrected chi connectivity index (χ0v) is 13.1. The number of methoxy groups -OCH3 is 1. The van der Waals surface area contributed by atoms with Gasteiger partial charge in [-0.3, -0.25) is 0 Å². The Labute approximate surface area is 137 Å². The van der Waals surface area contributed by atoms with E-state index in [1.807, 2.05) is 24.3 Å². The third-order valence-electron chi connectivity index (χ3n) is 3.61. The fraction of sp³-hybridized carbons (Fsp3) is 0.188. The standard InChI is InChI=1S/C16H17N5O3/c1-24-11-4-2-10(3-5-11)6-7-18-13-9-21-14(19-16(17)20-21)8-12(13)15(22)23/h2-5,8-9,18H,6-7H2,1H3,(H2,17,20)(H,22,23). The minimum atomic E-state index is -1.04. The van der Waals surface area contributed by atoms with Crippen LogP contribution in [0.1, 0.15) is 15.9 Å². The Bertz CT molecular complexity index is 873. The predicted octanol–water partition coefficient (Wildman–Crippen LogP) is 1.67. The van der Waals surface area contributed by atoms with Crippen LogP contribution >= 0.6 is 0 Å². The quantitative estimate of drug-likeness (QED) is 0.631. The number of carbonyl (C=O) groups is 1. The van der Waals surface area contributed by atoms with Gasteiger partial charge < -0.3 is 20.9 Å². The lowest BCUT2D eigenvalue weighted by atomic mass is 10.1. The summed E-state index contributed by atoms with van der Waals surface area (Å²) in [4.78, 5) is 15.4. The highest BCUT2D eigenvalue weighted by Gasteiger charge is 2.13. The minimum absolute atomic E-state index is 0.0988. The lowest BCUT2D eigenvalue weighted by Crippen LogP contribution is -2.11. The van der Waals surface area contributed by atoms with E-state index in [2.05, 4.69) is 15.4 Å². The van der Waals surface area contributed by atoms with Crippen LogP contribution in [0.5, 0.6) is 5.75 Å². The number of nitrogens with two attached hydrogens (primary N) is 1. The van der Waals surface area contributed by atoms with Crippen molar-refractivity contribution in [3.05, 3.63) is 47.7 Å². The maximum Gasteiger partial charge on any atom is 0.337 e. The van der Waals surface area contributed by atoms with Crippen LogP contribution in [0.15, 0.2) is 36.5 Å². The zero-order valence-electron chi connectivity index (χ0n) is 13.1. The van der Waals surface area contributed by atoms with E-state index >= 15 is 0 Å². The molecule has 3 rings (SSSR count). The van der Waals surface area contributed by atoms with Gasteiger partial charge in [0.15, 0.2) is 5.65 Å². The van der Waals surface area contributed by atoms with E-state index in [0.717, 1.165) is 17.7 Å². The van der Waals surface area contributed by atoms with Crippen molar-refractivity contribution in [2.75, 3.05) is 24.7 Å². The second-order valence-electron chi connectivity index (χ2n) is 5.20. The van der Waals surface area contributed by atoms with Crippen LogP contribution in [0.4, 0.5) is 11.6 Å². The van der Waals surface area contributed by atoms with Gasteiger partial charge in [0, 0.05) is 6.54 Å². The largest absolute Gasteiger partial charge is 0.497 e. The summed E-state index contributed by atoms with van der Waals surface area (Å²) >= 11 is 0. The van der Waals surface area contributed by atoms with Crippen molar-refractivity contribution in [3.8, 4) is 5.75 Å². The molecule has 0 radical (unpaired) electrons. The third kappa shape index (κ3) is 3.22. The molecule has 0 saturated carbocycles. The molecule has 8 heteroatoms. The fourth-order valence-corrected chi connectivity index (χ4v) is 2.40. The molecule has 0 aliphatic rings. The summed E-state index contributed by atoms with van der Waals surface area (Å²) in [6.07, 6.45) is 2.32. The number of aromatic carboxylic acids is 1. The van der Waals surface area contributed by atoms with E-state index in [4.69, 9.17) is 10.5 Å². The summed E-state index contributed by atoms with van der Waals surface area (Å²) in [6.45, 7) is 0.572. The molecule has 0 bridgehead atoms. The maximum atomic E-state index is 11.4. The van der Waals surface area contributed by atoms with Crippen LogP contribution in [-0.2, 0) is 6.42 Å². The number of hydrogen-bond donors (Lipinski definition) is 3. The molecule has 8 nitrogen and oxygen atoms in total. The number of nitrogen functional groups attached to an aromatic ring is 1. The number of fused-ring (bicyclic) bond motifs is 1. The molecule has 124 valence electrons. The van der Waals surface area contributed by atoms with E-state index in [-0.39, 0.29) is 11.5 Å². The van der Waals surface area contributed by atoms with E-state index < -0.39 is 5.97 Å². The second-order valence-corrected chi connectivity index (χ2v) is 5.20. The van der Waals surface area contributed by atoms with Crippen molar-refractivity contribution in [1.29, 1.82) is 0 Å². The number of anilines is 2. The van der Waals surface area contributed by atoms with Crippen molar-refractivity contribution in [3.63, 3.8) is 0 Å². The first-order valence-electron chi connectivity index (χ1n) is 7.33. The predicted molar refractivity (Wildman–Crippen MR) is 89.5 cm³/mol. The Morgan fingerprint density at radius 2 is 2.12 bits per heavy atom. The number of rotatable bonds is 6. The Hall–Kier alpha value is -3.29. The molecule has 2 heterocycles. The number of carboxylic acids is 1. The van der Waals surface area contributed by atoms with Crippen LogP contribution in [0, 0.1) is 0 Å². The molecule has 0 saturated heterocycles. The van der Waals surface area contributed by atoms with E-state index in [0.29, 0.717) is 17.9 Å². The van der Waals surface area contributed by atoms with Gasteiger partial charge in [-0.2, -0.15) is 4.98 Å². The Balaban J connectivity index is 1.75. The number of nitrogens with one attached hydrogen (secondary N) is 1. The normalized spacial score (nSPS) is 10.7. The lowest BCUT2D eigenvalue weighted by Gasteiger charge is -2.10. The van der Waals surface area contributed by atoms with Gasteiger partial charge in [0.25, 0.3) is 0 Å². The number of benzene rings is 1. The lowest BCUT2D eigenvalue weighted by molar-refractivity contribution is 0.0698. The van der Waals surface area contributed by atoms with Gasteiger partial charge in [-0.1, -0.05) is 12.1 Å². The Kier molecular flexibility index (Phi) is 4.19. The van der Waals surface area contributed by atoms with Crippen LogP contribution in [0.25, 0.3) is 5.65 Å². The summed E-state index contributed by atoms with van der Waals surface area (Å²) in [5.41, 5.74) is 7.65. The van der Waals surface area contributed by atoms with Crippen LogP contribution in [0.3, 0.4) is 0 Å². The van der Waals surface area contributed by atoms with Crippen molar-refractivity contribution < 1.29 is 14.6 Å². The van der Waals surface area contributed by atoms with Gasteiger partial charge >= 0.3 is 5.97 Å². The van der Waals surface area contributed by atoms with Gasteiger partial charge in [-0.05, 0) is 30.2 Å². The van der Waals surface area contributed by atoms with Crippen LogP contribution < -0.4 is 15.8 Å². The summed E-state index contributed by atoms with van der Waals surface area (Å²) in [5.74, 6) is -0.137. The average molecular weight is 327 g/mol. The molecule has 2 aromatic heterocycles. The topological polar surface area (TPSA) is 115 Å². The van der Waals surface area contributed by atoms with Gasteiger partial charge in [0.05, 0.1) is 24.6 Å².